The number of fused-ring (bicyclic) bond motifs is 1. The van der Waals surface area contributed by atoms with Crippen LogP contribution in [0.3, 0.4) is 0 Å². The number of hydrogen-bond acceptors (Lipinski definition) is 6. The van der Waals surface area contributed by atoms with Gasteiger partial charge in [0.2, 0.25) is 0 Å². The van der Waals surface area contributed by atoms with Gasteiger partial charge in [-0.3, -0.25) is 4.90 Å². The molecule has 2 N–H and O–H groups in total. The standard InChI is InChI=1S/C14H21N5O/c1-14(2,3)19-8-6-18(7-9-19)11-5-4-10(15)12-13(11)17-20-16-12/h4-5H,6-9,15H2,1-3H3. The monoisotopic (exact) mass is 275 g/mol. The summed E-state index contributed by atoms with van der Waals surface area (Å²) in [7, 11) is 0. The molecule has 0 bridgehead atoms. The van der Waals surface area contributed by atoms with Crippen LogP contribution in [0.1, 0.15) is 20.8 Å². The minimum atomic E-state index is 0.220. The van der Waals surface area contributed by atoms with Crippen molar-refractivity contribution in [3.05, 3.63) is 12.1 Å². The zero-order valence-electron chi connectivity index (χ0n) is 12.3. The van der Waals surface area contributed by atoms with E-state index in [1.807, 2.05) is 12.1 Å². The Labute approximate surface area is 118 Å². The first-order valence-electron chi connectivity index (χ1n) is 6.97. The minimum absolute atomic E-state index is 0.220. The number of anilines is 2. The SMILES string of the molecule is CC(C)(C)N1CCN(c2ccc(N)c3nonc23)CC1. The van der Waals surface area contributed by atoms with Gasteiger partial charge in [0.25, 0.3) is 0 Å². The lowest BCUT2D eigenvalue weighted by molar-refractivity contribution is 0.128. The molecule has 1 saturated heterocycles. The van der Waals surface area contributed by atoms with Crippen molar-refractivity contribution in [1.82, 2.24) is 15.2 Å². The topological polar surface area (TPSA) is 71.4 Å². The summed E-state index contributed by atoms with van der Waals surface area (Å²) >= 11 is 0. The first-order valence-corrected chi connectivity index (χ1v) is 6.97. The summed E-state index contributed by atoms with van der Waals surface area (Å²) in [5.74, 6) is 0. The number of nitrogens with two attached hydrogens (primary N) is 1. The van der Waals surface area contributed by atoms with Crippen LogP contribution in [0.4, 0.5) is 11.4 Å². The molecule has 0 spiro atoms. The van der Waals surface area contributed by atoms with Crippen molar-refractivity contribution in [3.8, 4) is 0 Å². The average molecular weight is 275 g/mol. The maximum atomic E-state index is 5.89. The highest BCUT2D eigenvalue weighted by molar-refractivity contribution is 5.95. The molecule has 2 aromatic rings. The van der Waals surface area contributed by atoms with E-state index in [4.69, 9.17) is 10.4 Å². The van der Waals surface area contributed by atoms with Gasteiger partial charge in [0, 0.05) is 31.7 Å². The molecule has 0 aliphatic carbocycles. The van der Waals surface area contributed by atoms with Gasteiger partial charge in [-0.15, -0.1) is 0 Å². The molecule has 108 valence electrons. The van der Waals surface area contributed by atoms with Crippen molar-refractivity contribution in [1.29, 1.82) is 0 Å². The zero-order chi connectivity index (χ0) is 14.3. The summed E-state index contributed by atoms with van der Waals surface area (Å²) in [5.41, 5.74) is 9.19. The fraction of sp³-hybridized carbons (Fsp3) is 0.571. The highest BCUT2D eigenvalue weighted by Gasteiger charge is 2.27. The predicted molar refractivity (Wildman–Crippen MR) is 79.8 cm³/mol. The molecule has 2 heterocycles. The molecule has 1 aromatic carbocycles. The highest BCUT2D eigenvalue weighted by Crippen LogP contribution is 2.29. The molecule has 1 aliphatic heterocycles. The number of benzene rings is 1. The maximum Gasteiger partial charge on any atom is 0.160 e. The van der Waals surface area contributed by atoms with Crippen LogP contribution >= 0.6 is 0 Å². The van der Waals surface area contributed by atoms with Crippen molar-refractivity contribution in [2.24, 2.45) is 0 Å². The molecule has 0 amide bonds. The van der Waals surface area contributed by atoms with Gasteiger partial charge in [-0.05, 0) is 43.2 Å². The van der Waals surface area contributed by atoms with Crippen molar-refractivity contribution in [2.75, 3.05) is 36.8 Å². The molecule has 0 saturated carbocycles. The summed E-state index contributed by atoms with van der Waals surface area (Å²) in [6.45, 7) is 10.8. The second-order valence-corrected chi connectivity index (χ2v) is 6.28. The van der Waals surface area contributed by atoms with E-state index in [1.54, 1.807) is 0 Å². The molecule has 1 aliphatic rings. The molecular weight excluding hydrogens is 254 g/mol. The van der Waals surface area contributed by atoms with Gasteiger partial charge in [-0.1, -0.05) is 0 Å². The summed E-state index contributed by atoms with van der Waals surface area (Å²) in [6.07, 6.45) is 0. The first kappa shape index (κ1) is 13.2. The van der Waals surface area contributed by atoms with Gasteiger partial charge in [0.15, 0.2) is 11.0 Å². The van der Waals surface area contributed by atoms with Crippen LogP contribution in [0.25, 0.3) is 11.0 Å². The highest BCUT2D eigenvalue weighted by atomic mass is 16.6. The third kappa shape index (κ3) is 2.20. The van der Waals surface area contributed by atoms with E-state index < -0.39 is 0 Å². The average Bonchev–Trinajstić information content (AvgIpc) is 2.88. The van der Waals surface area contributed by atoms with Crippen LogP contribution in [-0.2, 0) is 0 Å². The van der Waals surface area contributed by atoms with Gasteiger partial charge in [0.05, 0.1) is 11.4 Å². The lowest BCUT2D eigenvalue weighted by Crippen LogP contribution is -2.53. The Bertz CT molecular complexity index is 608. The van der Waals surface area contributed by atoms with E-state index in [1.165, 1.54) is 0 Å². The molecule has 6 nitrogen and oxygen atoms in total. The van der Waals surface area contributed by atoms with E-state index in [-0.39, 0.29) is 5.54 Å². The molecule has 1 fully saturated rings. The molecule has 20 heavy (non-hydrogen) atoms. The van der Waals surface area contributed by atoms with Crippen LogP contribution in [0.5, 0.6) is 0 Å². The van der Waals surface area contributed by atoms with E-state index in [2.05, 4.69) is 40.9 Å². The number of nitrogens with zero attached hydrogens (tertiary/aromatic N) is 4. The number of rotatable bonds is 1. The lowest BCUT2D eigenvalue weighted by Gasteiger charge is -2.43. The molecule has 1 aromatic heterocycles. The Kier molecular flexibility index (Phi) is 3.05. The minimum Gasteiger partial charge on any atom is -0.397 e. The summed E-state index contributed by atoms with van der Waals surface area (Å²) in [6, 6.07) is 3.88. The Balaban J connectivity index is 1.84. The van der Waals surface area contributed by atoms with Crippen LogP contribution < -0.4 is 10.6 Å². The van der Waals surface area contributed by atoms with Crippen LogP contribution in [0.2, 0.25) is 0 Å². The third-order valence-electron chi connectivity index (χ3n) is 3.99. The molecule has 0 radical (unpaired) electrons. The lowest BCUT2D eigenvalue weighted by atomic mass is 10.0. The van der Waals surface area contributed by atoms with Gasteiger partial charge in [-0.25, -0.2) is 4.63 Å². The molecule has 6 heteroatoms. The number of piperazine rings is 1. The van der Waals surface area contributed by atoms with Gasteiger partial charge in [-0.2, -0.15) is 0 Å². The Morgan fingerprint density at radius 3 is 2.35 bits per heavy atom. The van der Waals surface area contributed by atoms with E-state index in [0.29, 0.717) is 11.2 Å². The van der Waals surface area contributed by atoms with Crippen molar-refractivity contribution < 1.29 is 4.63 Å². The van der Waals surface area contributed by atoms with Gasteiger partial charge < -0.3 is 10.6 Å². The molecule has 0 atom stereocenters. The molecular formula is C14H21N5O. The number of hydrogen-bond donors (Lipinski definition) is 1. The van der Waals surface area contributed by atoms with Crippen molar-refractivity contribution >= 4 is 22.4 Å². The third-order valence-corrected chi connectivity index (χ3v) is 3.99. The Morgan fingerprint density at radius 1 is 1.05 bits per heavy atom. The van der Waals surface area contributed by atoms with E-state index in [0.717, 1.165) is 37.4 Å². The van der Waals surface area contributed by atoms with Crippen LogP contribution in [0, 0.1) is 0 Å². The van der Waals surface area contributed by atoms with Crippen LogP contribution in [0.15, 0.2) is 16.8 Å². The van der Waals surface area contributed by atoms with Crippen molar-refractivity contribution in [2.45, 2.75) is 26.3 Å². The van der Waals surface area contributed by atoms with Crippen LogP contribution in [-0.4, -0.2) is 46.9 Å². The second-order valence-electron chi connectivity index (χ2n) is 6.28. The quantitative estimate of drug-likeness (QED) is 0.799. The van der Waals surface area contributed by atoms with Gasteiger partial charge in [0.1, 0.15) is 0 Å². The normalized spacial score (nSPS) is 17.9. The maximum absolute atomic E-state index is 5.89. The smallest absolute Gasteiger partial charge is 0.160 e. The fourth-order valence-electron chi connectivity index (χ4n) is 2.75. The second kappa shape index (κ2) is 4.63. The fourth-order valence-corrected chi connectivity index (χ4v) is 2.75. The Hall–Kier alpha value is -1.82. The van der Waals surface area contributed by atoms with E-state index in [9.17, 15) is 0 Å². The van der Waals surface area contributed by atoms with Gasteiger partial charge >= 0.3 is 0 Å². The Morgan fingerprint density at radius 2 is 1.70 bits per heavy atom. The zero-order valence-corrected chi connectivity index (χ0v) is 12.3. The summed E-state index contributed by atoms with van der Waals surface area (Å²) in [5, 5.41) is 7.88. The number of nitrogen functional groups attached to an aromatic ring is 1. The summed E-state index contributed by atoms with van der Waals surface area (Å²) in [4.78, 5) is 4.83. The van der Waals surface area contributed by atoms with Crippen molar-refractivity contribution in [3.63, 3.8) is 0 Å². The molecule has 0 unspecified atom stereocenters. The number of aromatic nitrogens is 2. The molecule has 3 rings (SSSR count). The first-order chi connectivity index (χ1) is 9.47. The summed E-state index contributed by atoms with van der Waals surface area (Å²) < 4.78 is 4.84. The van der Waals surface area contributed by atoms with E-state index >= 15 is 0 Å². The largest absolute Gasteiger partial charge is 0.397 e. The predicted octanol–water partition coefficient (Wildman–Crippen LogP) is 1.73.